The number of pyridine rings is 1. The van der Waals surface area contributed by atoms with Crippen LogP contribution in [0.3, 0.4) is 0 Å². The van der Waals surface area contributed by atoms with Gasteiger partial charge in [0, 0.05) is 29.9 Å². The van der Waals surface area contributed by atoms with E-state index in [0.29, 0.717) is 12.0 Å². The molecule has 0 radical (unpaired) electrons. The second-order valence-electron chi connectivity index (χ2n) is 5.20. The third kappa shape index (κ3) is 3.57. The van der Waals surface area contributed by atoms with Crippen molar-refractivity contribution < 1.29 is 13.5 Å². The Kier molecular flexibility index (Phi) is 4.43. The van der Waals surface area contributed by atoms with Gasteiger partial charge >= 0.3 is 0 Å². The van der Waals surface area contributed by atoms with E-state index in [0.717, 1.165) is 19.3 Å². The predicted molar refractivity (Wildman–Crippen MR) is 75.4 cm³/mol. The average Bonchev–Trinajstić information content (AvgIpc) is 2.37. The van der Waals surface area contributed by atoms with Gasteiger partial charge in [-0.1, -0.05) is 11.8 Å². The highest BCUT2D eigenvalue weighted by Crippen LogP contribution is 2.32. The number of aliphatic hydroxyl groups is 1. The van der Waals surface area contributed by atoms with E-state index in [4.69, 9.17) is 5.11 Å². The van der Waals surface area contributed by atoms with Crippen LogP contribution in [0, 0.1) is 11.8 Å². The summed E-state index contributed by atoms with van der Waals surface area (Å²) in [5.74, 6) is 5.53. The molecule has 0 bridgehead atoms. The van der Waals surface area contributed by atoms with Gasteiger partial charge < -0.3 is 5.11 Å². The SMILES string of the molecule is CC1(NS(=O)(=O)c2cncc(C#CCCO)c2)CCC1. The van der Waals surface area contributed by atoms with Crippen LogP contribution >= 0.6 is 0 Å². The molecule has 0 atom stereocenters. The summed E-state index contributed by atoms with van der Waals surface area (Å²) in [5.41, 5.74) is 0.192. The van der Waals surface area contributed by atoms with Crippen molar-refractivity contribution in [1.29, 1.82) is 0 Å². The van der Waals surface area contributed by atoms with Crippen molar-refractivity contribution in [2.45, 2.75) is 43.0 Å². The normalized spacial score (nSPS) is 16.9. The van der Waals surface area contributed by atoms with Gasteiger partial charge in [0.2, 0.25) is 10.0 Å². The van der Waals surface area contributed by atoms with Crippen LogP contribution in [0.4, 0.5) is 0 Å². The van der Waals surface area contributed by atoms with Crippen LogP contribution in [-0.4, -0.2) is 30.7 Å². The van der Waals surface area contributed by atoms with Crippen molar-refractivity contribution in [2.75, 3.05) is 6.61 Å². The fourth-order valence-electron chi connectivity index (χ4n) is 2.05. The molecule has 20 heavy (non-hydrogen) atoms. The molecule has 108 valence electrons. The maximum Gasteiger partial charge on any atom is 0.242 e. The molecule has 1 heterocycles. The third-order valence-corrected chi connectivity index (χ3v) is 4.94. The van der Waals surface area contributed by atoms with E-state index >= 15 is 0 Å². The number of nitrogens with one attached hydrogen (secondary N) is 1. The van der Waals surface area contributed by atoms with E-state index in [-0.39, 0.29) is 17.0 Å². The molecular formula is C14H18N2O3S. The number of nitrogens with zero attached hydrogens (tertiary/aromatic N) is 1. The van der Waals surface area contributed by atoms with E-state index in [2.05, 4.69) is 21.5 Å². The first-order valence-corrected chi connectivity index (χ1v) is 8.02. The molecule has 1 aliphatic rings. The van der Waals surface area contributed by atoms with Crippen LogP contribution in [0.1, 0.15) is 38.2 Å². The van der Waals surface area contributed by atoms with Gasteiger partial charge in [0.05, 0.1) is 6.61 Å². The molecule has 2 N–H and O–H groups in total. The molecule has 0 unspecified atom stereocenters. The Morgan fingerprint density at radius 2 is 2.20 bits per heavy atom. The minimum atomic E-state index is -3.56. The minimum absolute atomic E-state index is 0.0155. The molecule has 1 fully saturated rings. The van der Waals surface area contributed by atoms with Crippen LogP contribution in [0.2, 0.25) is 0 Å². The highest BCUT2D eigenvalue weighted by molar-refractivity contribution is 7.89. The van der Waals surface area contributed by atoms with E-state index in [1.165, 1.54) is 18.5 Å². The first kappa shape index (κ1) is 15.0. The van der Waals surface area contributed by atoms with E-state index in [1.54, 1.807) is 0 Å². The molecule has 5 nitrogen and oxygen atoms in total. The summed E-state index contributed by atoms with van der Waals surface area (Å²) in [6.07, 6.45) is 5.94. The lowest BCUT2D eigenvalue weighted by Crippen LogP contribution is -2.50. The molecule has 0 aliphatic heterocycles. The average molecular weight is 294 g/mol. The molecule has 0 saturated heterocycles. The largest absolute Gasteiger partial charge is 0.395 e. The van der Waals surface area contributed by atoms with Crippen LogP contribution in [-0.2, 0) is 10.0 Å². The maximum atomic E-state index is 12.3. The number of sulfonamides is 1. The fraction of sp³-hybridized carbons (Fsp3) is 0.500. The summed E-state index contributed by atoms with van der Waals surface area (Å²) < 4.78 is 27.3. The van der Waals surface area contributed by atoms with Crippen molar-refractivity contribution in [1.82, 2.24) is 9.71 Å². The Morgan fingerprint density at radius 3 is 2.80 bits per heavy atom. The molecule has 6 heteroatoms. The van der Waals surface area contributed by atoms with Gasteiger partial charge in [-0.05, 0) is 32.3 Å². The Hall–Kier alpha value is -1.42. The molecular weight excluding hydrogens is 276 g/mol. The van der Waals surface area contributed by atoms with Crippen molar-refractivity contribution in [3.05, 3.63) is 24.0 Å². The van der Waals surface area contributed by atoms with E-state index in [1.807, 2.05) is 6.92 Å². The zero-order valence-corrected chi connectivity index (χ0v) is 12.2. The van der Waals surface area contributed by atoms with E-state index < -0.39 is 10.0 Å². The first-order valence-electron chi connectivity index (χ1n) is 6.54. The summed E-state index contributed by atoms with van der Waals surface area (Å²) in [7, 11) is -3.56. The zero-order valence-electron chi connectivity index (χ0n) is 11.4. The first-order chi connectivity index (χ1) is 9.45. The second-order valence-corrected chi connectivity index (χ2v) is 6.89. The van der Waals surface area contributed by atoms with Crippen molar-refractivity contribution >= 4 is 10.0 Å². The number of hydrogen-bond donors (Lipinski definition) is 2. The van der Waals surface area contributed by atoms with Gasteiger partial charge in [0.15, 0.2) is 0 Å². The Balaban J connectivity index is 2.20. The number of aliphatic hydroxyl groups excluding tert-OH is 1. The Morgan fingerprint density at radius 1 is 1.45 bits per heavy atom. The van der Waals surface area contributed by atoms with Crippen LogP contribution < -0.4 is 4.72 Å². The Bertz CT molecular complexity index is 640. The van der Waals surface area contributed by atoms with Crippen LogP contribution in [0.15, 0.2) is 23.4 Å². The summed E-state index contributed by atoms with van der Waals surface area (Å²) in [4.78, 5) is 4.05. The van der Waals surface area contributed by atoms with Crippen LogP contribution in [0.25, 0.3) is 0 Å². The lowest BCUT2D eigenvalue weighted by molar-refractivity contribution is 0.248. The summed E-state index contributed by atoms with van der Waals surface area (Å²) in [5, 5.41) is 8.67. The van der Waals surface area contributed by atoms with Gasteiger partial charge in [-0.3, -0.25) is 4.98 Å². The molecule has 2 rings (SSSR count). The molecule has 0 spiro atoms. The quantitative estimate of drug-likeness (QED) is 0.813. The third-order valence-electron chi connectivity index (χ3n) is 3.33. The predicted octanol–water partition coefficient (Wildman–Crippen LogP) is 1.04. The lowest BCUT2D eigenvalue weighted by atomic mass is 9.80. The van der Waals surface area contributed by atoms with Gasteiger partial charge in [-0.25, -0.2) is 13.1 Å². The monoisotopic (exact) mass is 294 g/mol. The zero-order chi connectivity index (χ0) is 14.6. The highest BCUT2D eigenvalue weighted by atomic mass is 32.2. The minimum Gasteiger partial charge on any atom is -0.395 e. The topological polar surface area (TPSA) is 79.3 Å². The molecule has 1 aromatic heterocycles. The van der Waals surface area contributed by atoms with Gasteiger partial charge in [0.25, 0.3) is 0 Å². The van der Waals surface area contributed by atoms with Crippen molar-refractivity contribution in [3.63, 3.8) is 0 Å². The van der Waals surface area contributed by atoms with Gasteiger partial charge in [0.1, 0.15) is 4.90 Å². The summed E-state index contributed by atoms with van der Waals surface area (Å²) in [6.45, 7) is 1.89. The number of hydrogen-bond acceptors (Lipinski definition) is 4. The van der Waals surface area contributed by atoms with Crippen LogP contribution in [0.5, 0.6) is 0 Å². The Labute approximate surface area is 119 Å². The van der Waals surface area contributed by atoms with Gasteiger partial charge in [-0.2, -0.15) is 0 Å². The molecule has 0 aromatic carbocycles. The standard InChI is InChI=1S/C14H18N2O3S/c1-14(6-4-7-14)16-20(18,19)13-9-12(10-15-11-13)5-2-3-8-17/h9-11,16-17H,3-4,6-8H2,1H3. The van der Waals surface area contributed by atoms with E-state index in [9.17, 15) is 8.42 Å². The number of rotatable bonds is 4. The lowest BCUT2D eigenvalue weighted by Gasteiger charge is -2.38. The molecule has 1 aliphatic carbocycles. The summed E-state index contributed by atoms with van der Waals surface area (Å²) in [6, 6.07) is 1.50. The van der Waals surface area contributed by atoms with Gasteiger partial charge in [-0.15, -0.1) is 0 Å². The smallest absolute Gasteiger partial charge is 0.242 e. The maximum absolute atomic E-state index is 12.3. The van der Waals surface area contributed by atoms with Crippen molar-refractivity contribution in [3.8, 4) is 11.8 Å². The van der Waals surface area contributed by atoms with Crippen molar-refractivity contribution in [2.24, 2.45) is 0 Å². The molecule has 1 aromatic rings. The highest BCUT2D eigenvalue weighted by Gasteiger charge is 2.36. The molecule has 0 amide bonds. The number of aromatic nitrogens is 1. The molecule has 1 saturated carbocycles. The summed E-state index contributed by atoms with van der Waals surface area (Å²) >= 11 is 0. The second kappa shape index (κ2) is 5.92. The fourth-order valence-corrected chi connectivity index (χ4v) is 3.50.